The van der Waals surface area contributed by atoms with E-state index in [4.69, 9.17) is 0 Å². The first-order chi connectivity index (χ1) is 14.4. The molecule has 4 rings (SSSR count). The Balaban J connectivity index is 1.62. The highest BCUT2D eigenvalue weighted by Crippen LogP contribution is 2.39. The van der Waals surface area contributed by atoms with Crippen molar-refractivity contribution >= 4 is 11.7 Å². The SMILES string of the molecule is CCc1c(-c2ccc(N3C[C@H]4CCC[C@H](NC)[C@H]4C3)cc2)[nH]c(=O)c(C(=O)O)c1O. The Labute approximate surface area is 175 Å². The van der Waals surface area contributed by atoms with Crippen LogP contribution in [0.5, 0.6) is 5.75 Å². The first-order valence-electron chi connectivity index (χ1n) is 10.7. The molecule has 0 spiro atoms. The van der Waals surface area contributed by atoms with Crippen LogP contribution < -0.4 is 15.8 Å². The minimum atomic E-state index is -1.43. The number of benzene rings is 1. The third-order valence-electron chi connectivity index (χ3n) is 6.85. The number of aromatic hydroxyl groups is 1. The molecule has 3 atom stereocenters. The van der Waals surface area contributed by atoms with Crippen LogP contribution in [0.15, 0.2) is 29.1 Å². The number of anilines is 1. The van der Waals surface area contributed by atoms with Gasteiger partial charge in [0.2, 0.25) is 0 Å². The number of aromatic carboxylic acids is 1. The zero-order valence-electron chi connectivity index (χ0n) is 17.4. The first-order valence-corrected chi connectivity index (χ1v) is 10.7. The van der Waals surface area contributed by atoms with Gasteiger partial charge in [-0.15, -0.1) is 0 Å². The fraction of sp³-hybridized carbons (Fsp3) is 0.478. The van der Waals surface area contributed by atoms with Crippen LogP contribution in [0.4, 0.5) is 5.69 Å². The summed E-state index contributed by atoms with van der Waals surface area (Å²) in [5, 5.41) is 23.1. The zero-order chi connectivity index (χ0) is 21.4. The van der Waals surface area contributed by atoms with Gasteiger partial charge in [0.25, 0.3) is 5.56 Å². The number of aromatic nitrogens is 1. The molecule has 1 saturated carbocycles. The van der Waals surface area contributed by atoms with Gasteiger partial charge in [-0.3, -0.25) is 4.79 Å². The summed E-state index contributed by atoms with van der Waals surface area (Å²) in [6.45, 7) is 3.93. The van der Waals surface area contributed by atoms with Crippen LogP contribution in [-0.4, -0.2) is 47.3 Å². The van der Waals surface area contributed by atoms with E-state index in [2.05, 4.69) is 22.2 Å². The Morgan fingerprint density at radius 2 is 1.97 bits per heavy atom. The van der Waals surface area contributed by atoms with Crippen molar-refractivity contribution in [2.45, 2.75) is 38.6 Å². The molecule has 0 amide bonds. The van der Waals surface area contributed by atoms with Crippen LogP contribution in [0.2, 0.25) is 0 Å². The molecule has 2 aromatic rings. The predicted molar refractivity (Wildman–Crippen MR) is 116 cm³/mol. The summed E-state index contributed by atoms with van der Waals surface area (Å²) >= 11 is 0. The topological polar surface area (TPSA) is 106 Å². The van der Waals surface area contributed by atoms with Gasteiger partial charge in [-0.1, -0.05) is 25.5 Å². The monoisotopic (exact) mass is 411 g/mol. The van der Waals surface area contributed by atoms with Gasteiger partial charge in [0, 0.05) is 30.4 Å². The number of carbonyl (C=O) groups is 1. The number of fused-ring (bicyclic) bond motifs is 1. The van der Waals surface area contributed by atoms with Gasteiger partial charge < -0.3 is 25.4 Å². The second-order valence-corrected chi connectivity index (χ2v) is 8.39. The summed E-state index contributed by atoms with van der Waals surface area (Å²) in [5.41, 5.74) is 1.41. The quantitative estimate of drug-likeness (QED) is 0.603. The molecule has 1 aromatic carbocycles. The predicted octanol–water partition coefficient (Wildman–Crippen LogP) is 2.83. The number of H-pyrrole nitrogens is 1. The lowest BCUT2D eigenvalue weighted by molar-refractivity contribution is 0.0691. The Kier molecular flexibility index (Phi) is 5.56. The van der Waals surface area contributed by atoms with Gasteiger partial charge in [-0.05, 0) is 55.8 Å². The standard InChI is InChI=1S/C23H29N3O4/c1-3-16-20(25-22(28)19(21(16)27)23(29)30)13-7-9-15(10-8-13)26-11-14-5-4-6-18(24-2)17(14)12-26/h7-10,14,17-18,24H,3-6,11-12H2,1-2H3,(H,29,30)(H2,25,27,28)/t14-,17+,18+/m1/s1. The first kappa shape index (κ1) is 20.5. The molecule has 7 heteroatoms. The Morgan fingerprint density at radius 1 is 1.23 bits per heavy atom. The Hall–Kier alpha value is -2.80. The third kappa shape index (κ3) is 3.47. The molecule has 1 saturated heterocycles. The van der Waals surface area contributed by atoms with E-state index in [0.717, 1.165) is 30.3 Å². The van der Waals surface area contributed by atoms with E-state index in [1.165, 1.54) is 19.3 Å². The Morgan fingerprint density at radius 3 is 2.60 bits per heavy atom. The summed E-state index contributed by atoms with van der Waals surface area (Å²) in [7, 11) is 2.06. The van der Waals surface area contributed by atoms with Crippen molar-refractivity contribution < 1.29 is 15.0 Å². The van der Waals surface area contributed by atoms with Crippen LogP contribution in [0.1, 0.15) is 42.1 Å². The highest BCUT2D eigenvalue weighted by molar-refractivity contribution is 5.92. The molecule has 1 aliphatic heterocycles. The van der Waals surface area contributed by atoms with Crippen molar-refractivity contribution in [3.8, 4) is 17.0 Å². The van der Waals surface area contributed by atoms with Crippen LogP contribution in [-0.2, 0) is 6.42 Å². The van der Waals surface area contributed by atoms with Crippen molar-refractivity contribution in [2.75, 3.05) is 25.0 Å². The lowest BCUT2D eigenvalue weighted by Crippen LogP contribution is -2.40. The van der Waals surface area contributed by atoms with Gasteiger partial charge in [-0.2, -0.15) is 0 Å². The lowest BCUT2D eigenvalue weighted by atomic mass is 9.78. The molecule has 1 aliphatic carbocycles. The van der Waals surface area contributed by atoms with Crippen LogP contribution >= 0.6 is 0 Å². The van der Waals surface area contributed by atoms with Crippen LogP contribution in [0.3, 0.4) is 0 Å². The number of carboxylic acids is 1. The number of nitrogens with zero attached hydrogens (tertiary/aromatic N) is 1. The summed E-state index contributed by atoms with van der Waals surface area (Å²) < 4.78 is 0. The van der Waals surface area contributed by atoms with Crippen molar-refractivity contribution in [1.82, 2.24) is 10.3 Å². The third-order valence-corrected chi connectivity index (χ3v) is 6.85. The molecule has 1 aromatic heterocycles. The molecular weight excluding hydrogens is 382 g/mol. The van der Waals surface area contributed by atoms with E-state index >= 15 is 0 Å². The van der Waals surface area contributed by atoms with Gasteiger partial charge in [-0.25, -0.2) is 4.79 Å². The maximum Gasteiger partial charge on any atom is 0.345 e. The lowest BCUT2D eigenvalue weighted by Gasteiger charge is -2.32. The summed E-state index contributed by atoms with van der Waals surface area (Å²) in [5.74, 6) is -0.485. The van der Waals surface area contributed by atoms with Gasteiger partial charge in [0.15, 0.2) is 5.56 Å². The normalized spacial score (nSPS) is 23.4. The number of carboxylic acid groups (broad SMARTS) is 1. The number of nitrogens with one attached hydrogen (secondary N) is 2. The average molecular weight is 412 g/mol. The molecule has 2 fully saturated rings. The average Bonchev–Trinajstić information content (AvgIpc) is 3.17. The molecule has 0 radical (unpaired) electrons. The molecule has 7 nitrogen and oxygen atoms in total. The fourth-order valence-corrected chi connectivity index (χ4v) is 5.30. The fourth-order valence-electron chi connectivity index (χ4n) is 5.30. The minimum Gasteiger partial charge on any atom is -0.506 e. The molecule has 2 aliphatic rings. The largest absolute Gasteiger partial charge is 0.506 e. The van der Waals surface area contributed by atoms with Gasteiger partial charge in [0.1, 0.15) is 5.75 Å². The zero-order valence-corrected chi connectivity index (χ0v) is 17.4. The van der Waals surface area contributed by atoms with E-state index in [-0.39, 0.29) is 0 Å². The number of pyridine rings is 1. The summed E-state index contributed by atoms with van der Waals surface area (Å²) in [4.78, 5) is 28.6. The van der Waals surface area contributed by atoms with Crippen molar-refractivity contribution in [1.29, 1.82) is 0 Å². The van der Waals surface area contributed by atoms with Crippen LogP contribution in [0.25, 0.3) is 11.3 Å². The number of aromatic amines is 1. The van der Waals surface area contributed by atoms with Crippen LogP contribution in [0, 0.1) is 11.8 Å². The number of hydrogen-bond acceptors (Lipinski definition) is 5. The second-order valence-electron chi connectivity index (χ2n) is 8.39. The van der Waals surface area contributed by atoms with Crippen molar-refractivity contribution in [2.24, 2.45) is 11.8 Å². The molecule has 30 heavy (non-hydrogen) atoms. The molecule has 2 heterocycles. The maximum atomic E-state index is 12.2. The van der Waals surface area contributed by atoms with Crippen molar-refractivity contribution in [3.05, 3.63) is 45.7 Å². The molecule has 4 N–H and O–H groups in total. The van der Waals surface area contributed by atoms with E-state index in [1.807, 2.05) is 31.2 Å². The van der Waals surface area contributed by atoms with Gasteiger partial charge >= 0.3 is 5.97 Å². The van der Waals surface area contributed by atoms with E-state index in [0.29, 0.717) is 29.6 Å². The van der Waals surface area contributed by atoms with Crippen molar-refractivity contribution in [3.63, 3.8) is 0 Å². The minimum absolute atomic E-state index is 0.404. The van der Waals surface area contributed by atoms with E-state index in [1.54, 1.807) is 0 Å². The van der Waals surface area contributed by atoms with Gasteiger partial charge in [0.05, 0.1) is 5.69 Å². The number of rotatable bonds is 5. The smallest absolute Gasteiger partial charge is 0.345 e. The maximum absolute atomic E-state index is 12.2. The Bertz CT molecular complexity index is 999. The summed E-state index contributed by atoms with van der Waals surface area (Å²) in [6.07, 6.45) is 4.21. The molecule has 0 bridgehead atoms. The van der Waals surface area contributed by atoms with E-state index < -0.39 is 22.8 Å². The van der Waals surface area contributed by atoms with E-state index in [9.17, 15) is 19.8 Å². The molecular formula is C23H29N3O4. The number of hydrogen-bond donors (Lipinski definition) is 4. The molecule has 0 unspecified atom stereocenters. The summed E-state index contributed by atoms with van der Waals surface area (Å²) in [6, 6.07) is 8.52. The molecule has 160 valence electrons. The highest BCUT2D eigenvalue weighted by Gasteiger charge is 2.39. The highest BCUT2D eigenvalue weighted by atomic mass is 16.4. The second kappa shape index (κ2) is 8.14.